The van der Waals surface area contributed by atoms with Gasteiger partial charge in [-0.3, -0.25) is 18.6 Å². The molecule has 2 atom stereocenters. The van der Waals surface area contributed by atoms with Crippen molar-refractivity contribution >= 4 is 19.8 Å². The molecule has 0 aliphatic rings. The van der Waals surface area contributed by atoms with E-state index >= 15 is 0 Å². The van der Waals surface area contributed by atoms with Crippen molar-refractivity contribution in [3.63, 3.8) is 0 Å². The van der Waals surface area contributed by atoms with Crippen LogP contribution in [-0.4, -0.2) is 49.3 Å². The molecular weight excluding hydrogens is 906 g/mol. The molecule has 0 aromatic carbocycles. The van der Waals surface area contributed by atoms with E-state index in [1.807, 2.05) is 0 Å². The molecule has 9 nitrogen and oxygen atoms in total. The molecule has 0 saturated heterocycles. The molecule has 0 heterocycles. The maximum absolute atomic E-state index is 12.7. The molecule has 0 spiro atoms. The predicted octanol–water partition coefficient (Wildman–Crippen LogP) is 17.6. The van der Waals surface area contributed by atoms with Gasteiger partial charge in [0.15, 0.2) is 6.10 Å². The summed E-state index contributed by atoms with van der Waals surface area (Å²) in [7, 11) is -4.40. The first-order chi connectivity index (χ1) is 34.8. The molecule has 404 valence electrons. The number of phosphoric ester groups is 1. The van der Waals surface area contributed by atoms with Crippen LogP contribution in [0.2, 0.25) is 0 Å². The minimum atomic E-state index is -4.40. The van der Waals surface area contributed by atoms with Gasteiger partial charge >= 0.3 is 19.8 Å². The molecule has 2 unspecified atom stereocenters. The van der Waals surface area contributed by atoms with Gasteiger partial charge in [-0.05, 0) is 109 Å². The van der Waals surface area contributed by atoms with E-state index in [1.165, 1.54) is 57.8 Å². The fourth-order valence-corrected chi connectivity index (χ4v) is 7.98. The van der Waals surface area contributed by atoms with E-state index in [2.05, 4.69) is 135 Å². The SMILES string of the molecule is CC/C=C\C/C=C\C/C=C\C/C=C\C/C=C\C/C=C\C/C=C\CCCCCCCCCCCC(=O)OC(COC(=O)CCCCCCCC/C=C\C/C=C\C/C=C\CCCCC)COP(=O)(O)OCCN. The highest BCUT2D eigenvalue weighted by molar-refractivity contribution is 7.47. The van der Waals surface area contributed by atoms with Crippen LogP contribution in [0.3, 0.4) is 0 Å². The largest absolute Gasteiger partial charge is 0.472 e. The summed E-state index contributed by atoms with van der Waals surface area (Å²) in [5.41, 5.74) is 5.38. The minimum absolute atomic E-state index is 0.0440. The summed E-state index contributed by atoms with van der Waals surface area (Å²) in [6, 6.07) is 0. The standard InChI is InChI=1S/C61H102NO8P/c1-3-5-7-9-11-13-15-17-19-21-23-24-25-26-27-28-29-30-31-32-33-34-36-38-40-42-44-46-48-50-52-54-61(64)70-59(58-69-71(65,66)68-56-55-62)57-67-60(63)53-51-49-47-45-43-41-39-37-35-22-20-18-16-14-12-10-8-6-4-2/h5,7,11-14,17-20,23-24,26-27,29-30,32-33,35,37,59H,3-4,6,8-10,15-16,21-22,25,28,31,34,36,38-58,62H2,1-2H3,(H,65,66)/b7-5-,13-11-,14-12-,19-17-,20-18-,24-23-,27-26-,30-29-,33-32-,37-35-. The quantitative estimate of drug-likeness (QED) is 0.0264. The number of nitrogens with two attached hydrogens (primary N) is 1. The second-order valence-electron chi connectivity index (χ2n) is 18.1. The number of unbranched alkanes of at least 4 members (excludes halogenated alkanes) is 18. The lowest BCUT2D eigenvalue weighted by Gasteiger charge is -2.19. The summed E-state index contributed by atoms with van der Waals surface area (Å²) in [6.07, 6.45) is 76.7. The summed E-state index contributed by atoms with van der Waals surface area (Å²) in [5.74, 6) is -0.857. The summed E-state index contributed by atoms with van der Waals surface area (Å²) < 4.78 is 33.0. The van der Waals surface area contributed by atoms with Crippen molar-refractivity contribution in [3.05, 3.63) is 122 Å². The van der Waals surface area contributed by atoms with Crippen LogP contribution in [0.25, 0.3) is 0 Å². The molecular formula is C61H102NO8P. The molecule has 0 fully saturated rings. The molecule has 0 aromatic rings. The number of carbonyl (C=O) groups excluding carboxylic acids is 2. The van der Waals surface area contributed by atoms with E-state index in [0.717, 1.165) is 122 Å². The van der Waals surface area contributed by atoms with Crippen molar-refractivity contribution < 1.29 is 37.6 Å². The number of esters is 2. The Morgan fingerprint density at radius 2 is 0.775 bits per heavy atom. The van der Waals surface area contributed by atoms with Crippen LogP contribution in [0.15, 0.2) is 122 Å². The van der Waals surface area contributed by atoms with Crippen molar-refractivity contribution in [2.45, 2.75) is 225 Å². The van der Waals surface area contributed by atoms with Crippen molar-refractivity contribution in [1.29, 1.82) is 0 Å². The zero-order valence-electron chi connectivity index (χ0n) is 44.9. The predicted molar refractivity (Wildman–Crippen MR) is 302 cm³/mol. The second-order valence-corrected chi connectivity index (χ2v) is 19.5. The number of rotatable bonds is 51. The van der Waals surface area contributed by atoms with Crippen molar-refractivity contribution in [1.82, 2.24) is 0 Å². The fraction of sp³-hybridized carbons (Fsp3) is 0.639. The van der Waals surface area contributed by atoms with E-state index in [0.29, 0.717) is 12.8 Å². The third kappa shape index (κ3) is 55.6. The lowest BCUT2D eigenvalue weighted by molar-refractivity contribution is -0.161. The first-order valence-electron chi connectivity index (χ1n) is 28.0. The van der Waals surface area contributed by atoms with Gasteiger partial charge in [-0.2, -0.15) is 0 Å². The molecule has 3 N–H and O–H groups in total. The van der Waals surface area contributed by atoms with E-state index in [1.54, 1.807) is 0 Å². The van der Waals surface area contributed by atoms with Crippen LogP contribution >= 0.6 is 7.82 Å². The summed E-state index contributed by atoms with van der Waals surface area (Å²) in [5, 5.41) is 0. The molecule has 0 aliphatic carbocycles. The molecule has 0 bridgehead atoms. The Kier molecular flexibility index (Phi) is 52.9. The molecule has 0 rings (SSSR count). The van der Waals surface area contributed by atoms with Gasteiger partial charge in [0.05, 0.1) is 13.2 Å². The maximum atomic E-state index is 12.7. The van der Waals surface area contributed by atoms with Gasteiger partial charge < -0.3 is 20.1 Å². The highest BCUT2D eigenvalue weighted by Crippen LogP contribution is 2.43. The second kappa shape index (κ2) is 55.7. The van der Waals surface area contributed by atoms with Crippen LogP contribution in [0, 0.1) is 0 Å². The Hall–Kier alpha value is -3.59. The Morgan fingerprint density at radius 1 is 0.437 bits per heavy atom. The van der Waals surface area contributed by atoms with Gasteiger partial charge in [0.25, 0.3) is 0 Å². The lowest BCUT2D eigenvalue weighted by atomic mass is 10.1. The van der Waals surface area contributed by atoms with Gasteiger partial charge in [0.1, 0.15) is 6.61 Å². The Morgan fingerprint density at radius 3 is 1.15 bits per heavy atom. The number of hydrogen-bond acceptors (Lipinski definition) is 8. The average Bonchev–Trinajstić information content (AvgIpc) is 3.36. The van der Waals surface area contributed by atoms with E-state index < -0.39 is 32.5 Å². The van der Waals surface area contributed by atoms with Crippen molar-refractivity contribution in [2.24, 2.45) is 5.73 Å². The molecule has 0 aliphatic heterocycles. The first kappa shape index (κ1) is 67.4. The normalized spacial score (nSPS) is 14.0. The number of ether oxygens (including phenoxy) is 2. The monoisotopic (exact) mass is 1010 g/mol. The molecule has 0 amide bonds. The minimum Gasteiger partial charge on any atom is -0.462 e. The lowest BCUT2D eigenvalue weighted by Crippen LogP contribution is -2.29. The topological polar surface area (TPSA) is 134 Å². The van der Waals surface area contributed by atoms with Crippen molar-refractivity contribution in [3.8, 4) is 0 Å². The van der Waals surface area contributed by atoms with E-state index in [4.69, 9.17) is 24.3 Å². The van der Waals surface area contributed by atoms with Crippen molar-refractivity contribution in [2.75, 3.05) is 26.4 Å². The highest BCUT2D eigenvalue weighted by Gasteiger charge is 2.26. The van der Waals surface area contributed by atoms with E-state index in [-0.39, 0.29) is 32.6 Å². The number of phosphoric acid groups is 1. The highest BCUT2D eigenvalue weighted by atomic mass is 31.2. The zero-order chi connectivity index (χ0) is 51.7. The van der Waals surface area contributed by atoms with Crippen LogP contribution < -0.4 is 5.73 Å². The summed E-state index contributed by atoms with van der Waals surface area (Å²) >= 11 is 0. The molecule has 71 heavy (non-hydrogen) atoms. The van der Waals surface area contributed by atoms with Crippen LogP contribution in [0.1, 0.15) is 219 Å². The number of carbonyl (C=O) groups is 2. The van der Waals surface area contributed by atoms with Gasteiger partial charge in [-0.1, -0.05) is 219 Å². The Bertz CT molecular complexity index is 1570. The van der Waals surface area contributed by atoms with Gasteiger partial charge in [-0.15, -0.1) is 0 Å². The average molecular weight is 1010 g/mol. The van der Waals surface area contributed by atoms with Crippen LogP contribution in [0.4, 0.5) is 0 Å². The van der Waals surface area contributed by atoms with Gasteiger partial charge in [0.2, 0.25) is 0 Å². The Balaban J connectivity index is 4.06. The van der Waals surface area contributed by atoms with Gasteiger partial charge in [-0.25, -0.2) is 4.57 Å². The van der Waals surface area contributed by atoms with Gasteiger partial charge in [0, 0.05) is 19.4 Å². The third-order valence-corrected chi connectivity index (χ3v) is 12.3. The maximum Gasteiger partial charge on any atom is 0.472 e. The molecule has 0 saturated carbocycles. The Labute approximate surface area is 434 Å². The number of allylic oxidation sites excluding steroid dienone is 20. The zero-order valence-corrected chi connectivity index (χ0v) is 45.8. The smallest absolute Gasteiger partial charge is 0.462 e. The van der Waals surface area contributed by atoms with E-state index in [9.17, 15) is 19.0 Å². The fourth-order valence-electron chi connectivity index (χ4n) is 7.21. The molecule has 0 radical (unpaired) electrons. The molecule has 0 aromatic heterocycles. The summed E-state index contributed by atoms with van der Waals surface area (Å²) in [6.45, 7) is 3.57. The summed E-state index contributed by atoms with van der Waals surface area (Å²) in [4.78, 5) is 35.1. The number of hydrogen-bond donors (Lipinski definition) is 2. The molecule has 10 heteroatoms. The first-order valence-corrected chi connectivity index (χ1v) is 29.5. The third-order valence-electron chi connectivity index (χ3n) is 11.3. The van der Waals surface area contributed by atoms with Crippen LogP contribution in [0.5, 0.6) is 0 Å². The van der Waals surface area contributed by atoms with Crippen LogP contribution in [-0.2, 0) is 32.7 Å².